The average molecular weight is 199 g/mol. The van der Waals surface area contributed by atoms with E-state index in [1.165, 1.54) is 6.92 Å². The highest BCUT2D eigenvalue weighted by molar-refractivity contribution is 6.30. The van der Waals surface area contributed by atoms with E-state index in [-0.39, 0.29) is 5.97 Å². The topological polar surface area (TPSA) is 26.3 Å². The number of halogens is 1. The van der Waals surface area contributed by atoms with Crippen molar-refractivity contribution in [2.75, 3.05) is 6.61 Å². The van der Waals surface area contributed by atoms with Gasteiger partial charge in [0.2, 0.25) is 0 Å². The monoisotopic (exact) mass is 198 g/mol. The standard InChI is InChI=1S/C10H11ClO2/c1-8(12)13-6-5-9-3-2-4-10(11)7-9/h2-4,7H,5-6H2,1H3. The van der Waals surface area contributed by atoms with Crippen LogP contribution in [0.4, 0.5) is 0 Å². The van der Waals surface area contributed by atoms with Gasteiger partial charge in [-0.05, 0) is 17.7 Å². The van der Waals surface area contributed by atoms with Crippen molar-refractivity contribution in [3.05, 3.63) is 34.9 Å². The van der Waals surface area contributed by atoms with Crippen LogP contribution in [-0.2, 0) is 16.0 Å². The smallest absolute Gasteiger partial charge is 0.302 e. The van der Waals surface area contributed by atoms with Crippen molar-refractivity contribution in [1.82, 2.24) is 0 Å². The molecule has 1 aromatic carbocycles. The lowest BCUT2D eigenvalue weighted by Gasteiger charge is -2.02. The number of ether oxygens (including phenoxy) is 1. The fourth-order valence-electron chi connectivity index (χ4n) is 1.01. The van der Waals surface area contributed by atoms with E-state index < -0.39 is 0 Å². The Hall–Kier alpha value is -1.02. The van der Waals surface area contributed by atoms with Crippen LogP contribution < -0.4 is 0 Å². The second-order valence-electron chi connectivity index (χ2n) is 2.72. The molecule has 0 aliphatic rings. The van der Waals surface area contributed by atoms with Gasteiger partial charge in [0.1, 0.15) is 0 Å². The molecule has 0 spiro atoms. The Balaban J connectivity index is 2.41. The molecule has 1 aromatic rings. The van der Waals surface area contributed by atoms with Crippen LogP contribution in [0.15, 0.2) is 24.3 Å². The van der Waals surface area contributed by atoms with Gasteiger partial charge in [-0.15, -0.1) is 0 Å². The molecule has 13 heavy (non-hydrogen) atoms. The first kappa shape index (κ1) is 10.1. The largest absolute Gasteiger partial charge is 0.466 e. The Morgan fingerprint density at radius 3 is 2.92 bits per heavy atom. The van der Waals surface area contributed by atoms with Crippen LogP contribution in [0.5, 0.6) is 0 Å². The van der Waals surface area contributed by atoms with E-state index in [2.05, 4.69) is 0 Å². The van der Waals surface area contributed by atoms with E-state index in [4.69, 9.17) is 16.3 Å². The van der Waals surface area contributed by atoms with Crippen molar-refractivity contribution in [3.8, 4) is 0 Å². The molecule has 2 nitrogen and oxygen atoms in total. The number of esters is 1. The van der Waals surface area contributed by atoms with Crippen LogP contribution in [0.3, 0.4) is 0 Å². The Kier molecular flexibility index (Phi) is 3.77. The molecular formula is C10H11ClO2. The summed E-state index contributed by atoms with van der Waals surface area (Å²) in [6.45, 7) is 1.81. The molecule has 0 aliphatic heterocycles. The Morgan fingerprint density at radius 2 is 2.31 bits per heavy atom. The third kappa shape index (κ3) is 3.95. The molecule has 0 fully saturated rings. The summed E-state index contributed by atoms with van der Waals surface area (Å²) in [7, 11) is 0. The van der Waals surface area contributed by atoms with Crippen molar-refractivity contribution in [2.45, 2.75) is 13.3 Å². The minimum absolute atomic E-state index is 0.248. The predicted octanol–water partition coefficient (Wildman–Crippen LogP) is 2.45. The number of carbonyl (C=O) groups is 1. The van der Waals surface area contributed by atoms with Gasteiger partial charge in [0.05, 0.1) is 6.61 Å². The van der Waals surface area contributed by atoms with Crippen LogP contribution in [-0.4, -0.2) is 12.6 Å². The van der Waals surface area contributed by atoms with E-state index in [0.717, 1.165) is 5.56 Å². The van der Waals surface area contributed by atoms with Gasteiger partial charge in [-0.2, -0.15) is 0 Å². The molecule has 0 bridgehead atoms. The lowest BCUT2D eigenvalue weighted by atomic mass is 10.2. The molecule has 0 atom stereocenters. The number of hydrogen-bond acceptors (Lipinski definition) is 2. The van der Waals surface area contributed by atoms with E-state index >= 15 is 0 Å². The summed E-state index contributed by atoms with van der Waals surface area (Å²) in [5.41, 5.74) is 1.08. The van der Waals surface area contributed by atoms with Gasteiger partial charge in [0.15, 0.2) is 0 Å². The maximum atomic E-state index is 10.5. The van der Waals surface area contributed by atoms with Crippen molar-refractivity contribution in [2.24, 2.45) is 0 Å². The summed E-state index contributed by atoms with van der Waals surface area (Å²) in [4.78, 5) is 10.5. The van der Waals surface area contributed by atoms with Gasteiger partial charge in [-0.3, -0.25) is 4.79 Å². The van der Waals surface area contributed by atoms with E-state index in [1.807, 2.05) is 24.3 Å². The quantitative estimate of drug-likeness (QED) is 0.698. The van der Waals surface area contributed by atoms with Crippen molar-refractivity contribution >= 4 is 17.6 Å². The first-order valence-electron chi connectivity index (χ1n) is 4.06. The summed E-state index contributed by atoms with van der Waals surface area (Å²) in [5, 5.41) is 0.709. The van der Waals surface area contributed by atoms with E-state index in [9.17, 15) is 4.79 Å². The molecule has 0 saturated carbocycles. The summed E-state index contributed by atoms with van der Waals surface area (Å²) < 4.78 is 4.80. The molecular weight excluding hydrogens is 188 g/mol. The van der Waals surface area contributed by atoms with E-state index in [1.54, 1.807) is 0 Å². The molecule has 0 aliphatic carbocycles. The second kappa shape index (κ2) is 4.87. The van der Waals surface area contributed by atoms with Gasteiger partial charge in [0.25, 0.3) is 0 Å². The zero-order valence-corrected chi connectivity index (χ0v) is 8.17. The van der Waals surface area contributed by atoms with Crippen LogP contribution in [0.25, 0.3) is 0 Å². The first-order chi connectivity index (χ1) is 6.18. The molecule has 70 valence electrons. The lowest BCUT2D eigenvalue weighted by molar-refractivity contribution is -0.140. The molecule has 0 heterocycles. The van der Waals surface area contributed by atoms with Crippen molar-refractivity contribution in [3.63, 3.8) is 0 Å². The fourth-order valence-corrected chi connectivity index (χ4v) is 1.22. The van der Waals surface area contributed by atoms with E-state index in [0.29, 0.717) is 18.1 Å². The number of carbonyl (C=O) groups excluding carboxylic acids is 1. The molecule has 1 rings (SSSR count). The Labute approximate surface area is 82.5 Å². The maximum Gasteiger partial charge on any atom is 0.302 e. The lowest BCUT2D eigenvalue weighted by Crippen LogP contribution is -2.02. The van der Waals surface area contributed by atoms with Crippen molar-refractivity contribution < 1.29 is 9.53 Å². The maximum absolute atomic E-state index is 10.5. The number of hydrogen-bond donors (Lipinski definition) is 0. The molecule has 0 aromatic heterocycles. The fraction of sp³-hybridized carbons (Fsp3) is 0.300. The zero-order valence-electron chi connectivity index (χ0n) is 7.42. The first-order valence-corrected chi connectivity index (χ1v) is 4.44. The summed E-state index contributed by atoms with van der Waals surface area (Å²) in [6.07, 6.45) is 0.708. The SMILES string of the molecule is CC(=O)OCCc1cccc(Cl)c1. The van der Waals surface area contributed by atoms with Gasteiger partial charge in [0, 0.05) is 18.4 Å². The minimum atomic E-state index is -0.248. The zero-order chi connectivity index (χ0) is 9.68. The van der Waals surface area contributed by atoms with Crippen LogP contribution in [0.1, 0.15) is 12.5 Å². The summed E-state index contributed by atoms with van der Waals surface area (Å²) in [6, 6.07) is 7.52. The minimum Gasteiger partial charge on any atom is -0.466 e. The van der Waals surface area contributed by atoms with Crippen LogP contribution >= 0.6 is 11.6 Å². The summed E-state index contributed by atoms with van der Waals surface area (Å²) >= 11 is 5.78. The number of benzene rings is 1. The van der Waals surface area contributed by atoms with Gasteiger partial charge in [-0.25, -0.2) is 0 Å². The van der Waals surface area contributed by atoms with Gasteiger partial charge < -0.3 is 4.74 Å². The van der Waals surface area contributed by atoms with Gasteiger partial charge in [-0.1, -0.05) is 23.7 Å². The molecule has 0 amide bonds. The van der Waals surface area contributed by atoms with Gasteiger partial charge >= 0.3 is 5.97 Å². The highest BCUT2D eigenvalue weighted by Crippen LogP contribution is 2.10. The molecule has 0 radical (unpaired) electrons. The number of rotatable bonds is 3. The average Bonchev–Trinajstić information content (AvgIpc) is 2.03. The normalized spacial score (nSPS) is 9.69. The predicted molar refractivity (Wildman–Crippen MR) is 51.8 cm³/mol. The highest BCUT2D eigenvalue weighted by Gasteiger charge is 1.96. The van der Waals surface area contributed by atoms with Crippen LogP contribution in [0.2, 0.25) is 5.02 Å². The van der Waals surface area contributed by atoms with Crippen LogP contribution in [0, 0.1) is 0 Å². The summed E-state index contributed by atoms with van der Waals surface area (Å²) in [5.74, 6) is -0.248. The third-order valence-corrected chi connectivity index (χ3v) is 1.82. The molecule has 0 saturated heterocycles. The molecule has 3 heteroatoms. The molecule has 0 unspecified atom stereocenters. The highest BCUT2D eigenvalue weighted by atomic mass is 35.5. The Bertz CT molecular complexity index is 297. The third-order valence-electron chi connectivity index (χ3n) is 1.59. The second-order valence-corrected chi connectivity index (χ2v) is 3.16. The molecule has 0 N–H and O–H groups in total. The van der Waals surface area contributed by atoms with Crippen molar-refractivity contribution in [1.29, 1.82) is 0 Å². The Morgan fingerprint density at radius 1 is 1.54 bits per heavy atom.